The second-order valence-electron chi connectivity index (χ2n) is 6.62. The number of benzene rings is 1. The van der Waals surface area contributed by atoms with E-state index in [0.29, 0.717) is 13.1 Å². The Labute approximate surface area is 152 Å². The summed E-state index contributed by atoms with van der Waals surface area (Å²) in [4.78, 5) is 21.1. The molecule has 0 saturated carbocycles. The molecule has 1 fully saturated rings. The maximum atomic E-state index is 12.6. The van der Waals surface area contributed by atoms with E-state index in [-0.39, 0.29) is 12.1 Å². The molecule has 0 aliphatic carbocycles. The van der Waals surface area contributed by atoms with Crippen LogP contribution in [-0.2, 0) is 13.0 Å². The number of hydrogen-bond acceptors (Lipinski definition) is 3. The second-order valence-corrected chi connectivity index (χ2v) is 7.03. The molecule has 5 nitrogen and oxygen atoms in total. The molecule has 0 spiro atoms. The maximum absolute atomic E-state index is 12.6. The average Bonchev–Trinajstić information content (AvgIpc) is 3.11. The number of hydrogen-bond donors (Lipinski definition) is 1. The Morgan fingerprint density at radius 2 is 2.12 bits per heavy atom. The minimum atomic E-state index is 0.0125. The zero-order chi connectivity index (χ0) is 17.2. The summed E-state index contributed by atoms with van der Waals surface area (Å²) in [7, 11) is 0. The van der Waals surface area contributed by atoms with E-state index in [2.05, 4.69) is 21.3 Å². The van der Waals surface area contributed by atoms with Gasteiger partial charge in [-0.3, -0.25) is 0 Å². The number of anilines is 1. The fraction of sp³-hybridized carbons (Fsp3) is 0.368. The van der Waals surface area contributed by atoms with Gasteiger partial charge in [0.25, 0.3) is 0 Å². The van der Waals surface area contributed by atoms with Gasteiger partial charge in [0, 0.05) is 43.4 Å². The number of fused-ring (bicyclic) bond motifs is 1. The molecule has 1 aromatic heterocycles. The number of carbonyl (C=O) groups excluding carboxylic acids is 1. The molecule has 4 rings (SSSR count). The first-order valence-electron chi connectivity index (χ1n) is 8.68. The molecule has 25 heavy (non-hydrogen) atoms. The van der Waals surface area contributed by atoms with E-state index in [0.717, 1.165) is 42.3 Å². The minimum absolute atomic E-state index is 0.0125. The lowest BCUT2D eigenvalue weighted by Gasteiger charge is -2.30. The molecule has 2 amide bonds. The predicted molar refractivity (Wildman–Crippen MR) is 99.0 cm³/mol. The highest BCUT2D eigenvalue weighted by Crippen LogP contribution is 2.26. The van der Waals surface area contributed by atoms with Crippen molar-refractivity contribution in [3.8, 4) is 0 Å². The van der Waals surface area contributed by atoms with Gasteiger partial charge in [-0.1, -0.05) is 29.8 Å². The van der Waals surface area contributed by atoms with Crippen molar-refractivity contribution in [2.75, 3.05) is 24.5 Å². The summed E-state index contributed by atoms with van der Waals surface area (Å²) in [6, 6.07) is 12.0. The normalized spacial score (nSPS) is 19.6. The van der Waals surface area contributed by atoms with Crippen LogP contribution in [0.25, 0.3) is 0 Å². The summed E-state index contributed by atoms with van der Waals surface area (Å²) < 4.78 is 0. The number of nitrogens with zero attached hydrogens (tertiary/aromatic N) is 3. The maximum Gasteiger partial charge on any atom is 0.317 e. The van der Waals surface area contributed by atoms with Crippen molar-refractivity contribution in [2.24, 2.45) is 0 Å². The zero-order valence-electron chi connectivity index (χ0n) is 14.0. The van der Waals surface area contributed by atoms with E-state index in [1.807, 2.05) is 35.2 Å². The van der Waals surface area contributed by atoms with Gasteiger partial charge in [-0.25, -0.2) is 9.78 Å². The number of pyridine rings is 1. The Bertz CT molecular complexity index is 767. The number of carbonyl (C=O) groups is 1. The van der Waals surface area contributed by atoms with Crippen molar-refractivity contribution in [1.29, 1.82) is 0 Å². The SMILES string of the molecule is O=C(NC1CCN(c2ccccn2)C1)N1CCc2c(Cl)cccc2C1. The quantitative estimate of drug-likeness (QED) is 0.899. The number of amides is 2. The summed E-state index contributed by atoms with van der Waals surface area (Å²) in [5.74, 6) is 0.973. The van der Waals surface area contributed by atoms with Gasteiger partial charge in [0.05, 0.1) is 0 Å². The van der Waals surface area contributed by atoms with E-state index in [9.17, 15) is 4.79 Å². The molecule has 1 aromatic carbocycles. The Balaban J connectivity index is 1.36. The number of rotatable bonds is 2. The Hall–Kier alpha value is -2.27. The third kappa shape index (κ3) is 3.42. The van der Waals surface area contributed by atoms with Gasteiger partial charge < -0.3 is 15.1 Å². The number of nitrogens with one attached hydrogen (secondary N) is 1. The topological polar surface area (TPSA) is 48.5 Å². The van der Waals surface area contributed by atoms with Crippen molar-refractivity contribution < 1.29 is 4.79 Å². The zero-order valence-corrected chi connectivity index (χ0v) is 14.7. The third-order valence-electron chi connectivity index (χ3n) is 4.99. The summed E-state index contributed by atoms with van der Waals surface area (Å²) in [5.41, 5.74) is 2.32. The van der Waals surface area contributed by atoms with Gasteiger partial charge >= 0.3 is 6.03 Å². The molecule has 3 heterocycles. The van der Waals surface area contributed by atoms with Gasteiger partial charge in [-0.2, -0.15) is 0 Å². The lowest BCUT2D eigenvalue weighted by molar-refractivity contribution is 0.189. The Kier molecular flexibility index (Phi) is 4.49. The van der Waals surface area contributed by atoms with Crippen LogP contribution in [0.1, 0.15) is 17.5 Å². The first kappa shape index (κ1) is 16.2. The molecule has 1 unspecified atom stereocenters. The van der Waals surface area contributed by atoms with Gasteiger partial charge in [-0.15, -0.1) is 0 Å². The lowest BCUT2D eigenvalue weighted by Crippen LogP contribution is -2.47. The monoisotopic (exact) mass is 356 g/mol. The highest BCUT2D eigenvalue weighted by Gasteiger charge is 2.28. The summed E-state index contributed by atoms with van der Waals surface area (Å²) >= 11 is 6.25. The first-order chi connectivity index (χ1) is 12.2. The number of aromatic nitrogens is 1. The van der Waals surface area contributed by atoms with Crippen LogP contribution in [0.15, 0.2) is 42.6 Å². The Morgan fingerprint density at radius 1 is 1.20 bits per heavy atom. The van der Waals surface area contributed by atoms with Crippen molar-refractivity contribution >= 4 is 23.4 Å². The molecule has 6 heteroatoms. The van der Waals surface area contributed by atoms with Crippen molar-refractivity contribution in [1.82, 2.24) is 15.2 Å². The van der Waals surface area contributed by atoms with Crippen LogP contribution in [0.2, 0.25) is 5.02 Å². The van der Waals surface area contributed by atoms with E-state index >= 15 is 0 Å². The van der Waals surface area contributed by atoms with Crippen LogP contribution in [0.5, 0.6) is 0 Å². The first-order valence-corrected chi connectivity index (χ1v) is 9.06. The number of halogens is 1. The van der Waals surface area contributed by atoms with Crippen molar-refractivity contribution in [2.45, 2.75) is 25.4 Å². The summed E-state index contributed by atoms with van der Waals surface area (Å²) in [6.45, 7) is 3.05. The van der Waals surface area contributed by atoms with Crippen LogP contribution in [0, 0.1) is 0 Å². The van der Waals surface area contributed by atoms with E-state index in [1.165, 1.54) is 5.56 Å². The highest BCUT2D eigenvalue weighted by atomic mass is 35.5. The van der Waals surface area contributed by atoms with E-state index < -0.39 is 0 Å². The minimum Gasteiger partial charge on any atom is -0.354 e. The van der Waals surface area contributed by atoms with Gasteiger partial charge in [0.2, 0.25) is 0 Å². The molecular weight excluding hydrogens is 336 g/mol. The number of urea groups is 1. The third-order valence-corrected chi connectivity index (χ3v) is 5.34. The fourth-order valence-corrected chi connectivity index (χ4v) is 3.92. The van der Waals surface area contributed by atoms with Crippen LogP contribution >= 0.6 is 11.6 Å². The molecule has 2 aliphatic rings. The molecule has 1 saturated heterocycles. The Morgan fingerprint density at radius 3 is 2.96 bits per heavy atom. The average molecular weight is 357 g/mol. The van der Waals surface area contributed by atoms with E-state index in [1.54, 1.807) is 6.20 Å². The van der Waals surface area contributed by atoms with Crippen LogP contribution in [0.4, 0.5) is 10.6 Å². The predicted octanol–water partition coefficient (Wildman–Crippen LogP) is 3.08. The molecular formula is C19H21ClN4O. The molecule has 2 aromatic rings. The smallest absolute Gasteiger partial charge is 0.317 e. The lowest BCUT2D eigenvalue weighted by atomic mass is 10.00. The second kappa shape index (κ2) is 6.92. The van der Waals surface area contributed by atoms with Gasteiger partial charge in [-0.05, 0) is 42.2 Å². The highest BCUT2D eigenvalue weighted by molar-refractivity contribution is 6.31. The van der Waals surface area contributed by atoms with Crippen LogP contribution < -0.4 is 10.2 Å². The fourth-order valence-electron chi connectivity index (χ4n) is 3.63. The molecule has 0 bridgehead atoms. The summed E-state index contributed by atoms with van der Waals surface area (Å²) in [6.07, 6.45) is 3.56. The van der Waals surface area contributed by atoms with E-state index in [4.69, 9.17) is 11.6 Å². The molecule has 1 atom stereocenters. The van der Waals surface area contributed by atoms with Crippen LogP contribution in [0.3, 0.4) is 0 Å². The molecule has 1 N–H and O–H groups in total. The van der Waals surface area contributed by atoms with Crippen molar-refractivity contribution in [3.63, 3.8) is 0 Å². The standard InChI is InChI=1S/C19H21ClN4O/c20-17-5-3-4-14-12-24(11-8-16(14)17)19(25)22-15-7-10-23(13-15)18-6-1-2-9-21-18/h1-6,9,15H,7-8,10-13H2,(H,22,25). The molecule has 130 valence electrons. The van der Waals surface area contributed by atoms with Gasteiger partial charge in [0.1, 0.15) is 5.82 Å². The van der Waals surface area contributed by atoms with Crippen molar-refractivity contribution in [3.05, 3.63) is 58.7 Å². The largest absolute Gasteiger partial charge is 0.354 e. The molecule has 2 aliphatic heterocycles. The van der Waals surface area contributed by atoms with Crippen LogP contribution in [-0.4, -0.2) is 41.6 Å². The van der Waals surface area contributed by atoms with Gasteiger partial charge in [0.15, 0.2) is 0 Å². The molecule has 0 radical (unpaired) electrons. The summed E-state index contributed by atoms with van der Waals surface area (Å²) in [5, 5.41) is 3.98.